The molecule has 1 N–H and O–H groups in total. The van der Waals surface area contributed by atoms with E-state index in [0.29, 0.717) is 0 Å². The van der Waals surface area contributed by atoms with Crippen molar-refractivity contribution in [1.82, 2.24) is 10.2 Å². The summed E-state index contributed by atoms with van der Waals surface area (Å²) in [6, 6.07) is 8.22. The van der Waals surface area contributed by atoms with E-state index < -0.39 is 0 Å². The van der Waals surface area contributed by atoms with Crippen molar-refractivity contribution in [1.29, 1.82) is 0 Å². The first-order valence-corrected chi connectivity index (χ1v) is 5.11. The van der Waals surface area contributed by atoms with E-state index >= 15 is 0 Å². The number of rotatable bonds is 1. The van der Waals surface area contributed by atoms with Crippen LogP contribution in [0.4, 0.5) is 0 Å². The number of benzene rings is 1. The van der Waals surface area contributed by atoms with Gasteiger partial charge in [0.15, 0.2) is 3.95 Å². The van der Waals surface area contributed by atoms with Gasteiger partial charge in [-0.15, -0.1) is 0 Å². The Kier molecular flexibility index (Phi) is 2.24. The summed E-state index contributed by atoms with van der Waals surface area (Å²) < 4.78 is 0.719. The lowest BCUT2D eigenvalue weighted by molar-refractivity contribution is 1.08. The smallest absolute Gasteiger partial charge is 0.176 e. The van der Waals surface area contributed by atoms with Gasteiger partial charge in [0, 0.05) is 5.56 Å². The molecule has 0 saturated carbocycles. The van der Waals surface area contributed by atoms with Crippen molar-refractivity contribution in [2.45, 2.75) is 6.92 Å². The van der Waals surface area contributed by atoms with Gasteiger partial charge in [-0.05, 0) is 25.2 Å². The van der Waals surface area contributed by atoms with Crippen LogP contribution in [-0.4, -0.2) is 10.2 Å². The Labute approximate surface area is 85.3 Å². The first-order chi connectivity index (χ1) is 6.25. The van der Waals surface area contributed by atoms with Gasteiger partial charge in [-0.2, -0.15) is 5.10 Å². The molecule has 0 radical (unpaired) electrons. The Morgan fingerprint density at radius 3 is 2.92 bits per heavy atom. The number of nitrogens with zero attached hydrogens (tertiary/aromatic N) is 1. The molecule has 4 heteroatoms. The second-order valence-corrected chi connectivity index (χ2v) is 4.45. The van der Waals surface area contributed by atoms with Crippen LogP contribution in [0.2, 0.25) is 0 Å². The van der Waals surface area contributed by atoms with Crippen molar-refractivity contribution in [3.63, 3.8) is 0 Å². The predicted octanol–water partition coefficient (Wildman–Crippen LogP) is 3.18. The zero-order valence-electron chi connectivity index (χ0n) is 7.07. The molecule has 2 rings (SSSR count). The van der Waals surface area contributed by atoms with Gasteiger partial charge in [-0.3, -0.25) is 5.10 Å². The number of aromatic amines is 1. The van der Waals surface area contributed by atoms with Crippen LogP contribution >= 0.6 is 23.6 Å². The minimum absolute atomic E-state index is 0.719. The second kappa shape index (κ2) is 3.40. The van der Waals surface area contributed by atoms with E-state index in [1.807, 2.05) is 12.1 Å². The molecule has 0 atom stereocenters. The summed E-state index contributed by atoms with van der Waals surface area (Å²) in [4.78, 5) is 0. The van der Waals surface area contributed by atoms with Crippen molar-refractivity contribution in [2.24, 2.45) is 0 Å². The summed E-state index contributed by atoms with van der Waals surface area (Å²) in [7, 11) is 0. The normalized spacial score (nSPS) is 10.2. The molecule has 0 unspecified atom stereocenters. The highest BCUT2D eigenvalue weighted by molar-refractivity contribution is 7.73. The van der Waals surface area contributed by atoms with Crippen molar-refractivity contribution < 1.29 is 0 Å². The number of aryl methyl sites for hydroxylation is 1. The number of H-pyrrole nitrogens is 1. The van der Waals surface area contributed by atoms with Crippen LogP contribution in [-0.2, 0) is 0 Å². The van der Waals surface area contributed by atoms with Crippen LogP contribution in [0.3, 0.4) is 0 Å². The third kappa shape index (κ3) is 1.84. The van der Waals surface area contributed by atoms with Gasteiger partial charge in [0.1, 0.15) is 5.01 Å². The van der Waals surface area contributed by atoms with Crippen LogP contribution in [0.5, 0.6) is 0 Å². The molecule has 1 heterocycles. The fourth-order valence-electron chi connectivity index (χ4n) is 1.13. The lowest BCUT2D eigenvalue weighted by atomic mass is 10.1. The van der Waals surface area contributed by atoms with Gasteiger partial charge >= 0.3 is 0 Å². The zero-order valence-corrected chi connectivity index (χ0v) is 8.71. The minimum atomic E-state index is 0.719. The lowest BCUT2D eigenvalue weighted by Crippen LogP contribution is -1.77. The maximum atomic E-state index is 4.97. The maximum absolute atomic E-state index is 4.97. The topological polar surface area (TPSA) is 28.7 Å². The van der Waals surface area contributed by atoms with E-state index in [9.17, 15) is 0 Å². The summed E-state index contributed by atoms with van der Waals surface area (Å²) >= 11 is 6.46. The van der Waals surface area contributed by atoms with Crippen LogP contribution in [0.25, 0.3) is 10.6 Å². The average molecular weight is 208 g/mol. The SMILES string of the molecule is Cc1cccc(-c2n[nH]c(=S)s2)c1. The molecule has 0 aliphatic carbocycles. The van der Waals surface area contributed by atoms with Crippen molar-refractivity contribution in [3.05, 3.63) is 33.8 Å². The summed E-state index contributed by atoms with van der Waals surface area (Å²) in [5, 5.41) is 7.84. The lowest BCUT2D eigenvalue weighted by Gasteiger charge is -1.95. The van der Waals surface area contributed by atoms with Crippen molar-refractivity contribution >= 4 is 23.6 Å². The minimum Gasteiger partial charge on any atom is -0.258 e. The van der Waals surface area contributed by atoms with E-state index in [-0.39, 0.29) is 0 Å². The van der Waals surface area contributed by atoms with Crippen LogP contribution in [0.1, 0.15) is 5.56 Å². The number of nitrogens with one attached hydrogen (secondary N) is 1. The van der Waals surface area contributed by atoms with Gasteiger partial charge in [0.25, 0.3) is 0 Å². The summed E-state index contributed by atoms with van der Waals surface area (Å²) in [5.74, 6) is 0. The largest absolute Gasteiger partial charge is 0.258 e. The van der Waals surface area contributed by atoms with Crippen LogP contribution in [0, 0.1) is 10.9 Å². The zero-order chi connectivity index (χ0) is 9.26. The molecular formula is C9H8N2S2. The first-order valence-electron chi connectivity index (χ1n) is 3.88. The van der Waals surface area contributed by atoms with Crippen molar-refractivity contribution in [2.75, 3.05) is 0 Å². The van der Waals surface area contributed by atoms with E-state index in [2.05, 4.69) is 29.3 Å². The fraction of sp³-hybridized carbons (Fsp3) is 0.111. The monoisotopic (exact) mass is 208 g/mol. The summed E-state index contributed by atoms with van der Waals surface area (Å²) in [6.45, 7) is 2.06. The second-order valence-electron chi connectivity index (χ2n) is 2.79. The molecule has 2 nitrogen and oxygen atoms in total. The first kappa shape index (κ1) is 8.59. The Morgan fingerprint density at radius 1 is 1.46 bits per heavy atom. The molecule has 1 aromatic carbocycles. The Hall–Kier alpha value is -1.00. The van der Waals surface area contributed by atoms with Gasteiger partial charge in [0.05, 0.1) is 0 Å². The quantitative estimate of drug-likeness (QED) is 0.729. The van der Waals surface area contributed by atoms with E-state index in [1.54, 1.807) is 0 Å². The van der Waals surface area contributed by atoms with E-state index in [0.717, 1.165) is 14.5 Å². The molecule has 0 amide bonds. The maximum Gasteiger partial charge on any atom is 0.176 e. The third-order valence-electron chi connectivity index (χ3n) is 1.70. The van der Waals surface area contributed by atoms with E-state index in [1.165, 1.54) is 16.9 Å². The van der Waals surface area contributed by atoms with Gasteiger partial charge in [0.2, 0.25) is 0 Å². The highest BCUT2D eigenvalue weighted by Crippen LogP contribution is 2.21. The van der Waals surface area contributed by atoms with Crippen LogP contribution in [0.15, 0.2) is 24.3 Å². The molecule has 0 saturated heterocycles. The summed E-state index contributed by atoms with van der Waals surface area (Å²) in [5.41, 5.74) is 2.36. The average Bonchev–Trinajstić information content (AvgIpc) is 2.52. The molecule has 66 valence electrons. The molecule has 1 aromatic heterocycles. The fourth-order valence-corrected chi connectivity index (χ4v) is 2.02. The van der Waals surface area contributed by atoms with E-state index in [4.69, 9.17) is 12.2 Å². The molecular weight excluding hydrogens is 200 g/mol. The van der Waals surface area contributed by atoms with Gasteiger partial charge < -0.3 is 0 Å². The standard InChI is InChI=1S/C9H8N2S2/c1-6-3-2-4-7(5-6)8-10-11-9(12)13-8/h2-5H,1H3,(H,11,12). The highest BCUT2D eigenvalue weighted by Gasteiger charge is 2.00. The summed E-state index contributed by atoms with van der Waals surface area (Å²) in [6.07, 6.45) is 0. The Bertz CT molecular complexity index is 470. The molecule has 0 aliphatic rings. The molecule has 2 aromatic rings. The van der Waals surface area contributed by atoms with Gasteiger partial charge in [-0.25, -0.2) is 0 Å². The molecule has 0 fully saturated rings. The van der Waals surface area contributed by atoms with Gasteiger partial charge in [-0.1, -0.05) is 35.1 Å². The predicted molar refractivity (Wildman–Crippen MR) is 57.5 cm³/mol. The highest BCUT2D eigenvalue weighted by atomic mass is 32.1. The molecule has 13 heavy (non-hydrogen) atoms. The van der Waals surface area contributed by atoms with Crippen molar-refractivity contribution in [3.8, 4) is 10.6 Å². The molecule has 0 spiro atoms. The Balaban J connectivity index is 2.52. The number of aromatic nitrogens is 2. The third-order valence-corrected chi connectivity index (χ3v) is 2.84. The number of hydrogen-bond acceptors (Lipinski definition) is 3. The van der Waals surface area contributed by atoms with Crippen LogP contribution < -0.4 is 0 Å². The Morgan fingerprint density at radius 2 is 2.31 bits per heavy atom. The molecule has 0 aliphatic heterocycles. The number of hydrogen-bond donors (Lipinski definition) is 1. The molecule has 0 bridgehead atoms.